The molecule has 1 amide bonds. The molecule has 23 heavy (non-hydrogen) atoms. The van der Waals surface area contributed by atoms with E-state index in [-0.39, 0.29) is 24.4 Å². The van der Waals surface area contributed by atoms with Gasteiger partial charge in [0.2, 0.25) is 11.8 Å². The van der Waals surface area contributed by atoms with E-state index in [2.05, 4.69) is 15.5 Å². The second kappa shape index (κ2) is 8.64. The molecule has 2 rings (SSSR count). The second-order valence-corrected chi connectivity index (χ2v) is 6.69. The molecule has 1 aromatic rings. The SMILES string of the molecule is CCCC(C)(N)C(=O)NC(C)c1nc(C2CCCCC2)no1.Cl. The number of carbonyl (C=O) groups excluding carboxylic acids is 1. The number of nitrogens with zero attached hydrogens (tertiary/aromatic N) is 2. The van der Waals surface area contributed by atoms with Gasteiger partial charge in [-0.05, 0) is 33.1 Å². The molecule has 2 atom stereocenters. The Labute approximate surface area is 144 Å². The second-order valence-electron chi connectivity index (χ2n) is 6.69. The van der Waals surface area contributed by atoms with Crippen LogP contribution in [0.25, 0.3) is 0 Å². The van der Waals surface area contributed by atoms with Crippen molar-refractivity contribution in [2.24, 2.45) is 5.73 Å². The van der Waals surface area contributed by atoms with E-state index < -0.39 is 5.54 Å². The zero-order chi connectivity index (χ0) is 16.2. The van der Waals surface area contributed by atoms with Crippen molar-refractivity contribution in [2.45, 2.75) is 83.2 Å². The van der Waals surface area contributed by atoms with E-state index in [0.29, 0.717) is 18.2 Å². The van der Waals surface area contributed by atoms with Gasteiger partial charge < -0.3 is 15.6 Å². The van der Waals surface area contributed by atoms with Gasteiger partial charge in [-0.3, -0.25) is 4.79 Å². The van der Waals surface area contributed by atoms with Crippen molar-refractivity contribution in [3.8, 4) is 0 Å². The Morgan fingerprint density at radius 1 is 1.43 bits per heavy atom. The maximum absolute atomic E-state index is 12.2. The number of rotatable bonds is 6. The first kappa shape index (κ1) is 19.9. The average molecular weight is 345 g/mol. The highest BCUT2D eigenvalue weighted by Crippen LogP contribution is 2.31. The van der Waals surface area contributed by atoms with Crippen LogP contribution in [0.15, 0.2) is 4.52 Å². The van der Waals surface area contributed by atoms with Gasteiger partial charge in [-0.1, -0.05) is 37.8 Å². The summed E-state index contributed by atoms with van der Waals surface area (Å²) in [5, 5.41) is 6.98. The summed E-state index contributed by atoms with van der Waals surface area (Å²) in [6.45, 7) is 5.61. The first-order valence-electron chi connectivity index (χ1n) is 8.37. The number of nitrogens with one attached hydrogen (secondary N) is 1. The summed E-state index contributed by atoms with van der Waals surface area (Å²) < 4.78 is 5.34. The first-order chi connectivity index (χ1) is 10.4. The van der Waals surface area contributed by atoms with Crippen LogP contribution in [-0.4, -0.2) is 21.6 Å². The minimum atomic E-state index is -0.866. The summed E-state index contributed by atoms with van der Waals surface area (Å²) in [4.78, 5) is 16.7. The summed E-state index contributed by atoms with van der Waals surface area (Å²) in [6, 6.07) is -0.322. The van der Waals surface area contributed by atoms with E-state index in [9.17, 15) is 4.79 Å². The predicted octanol–water partition coefficient (Wildman–Crippen LogP) is 3.23. The van der Waals surface area contributed by atoms with Gasteiger partial charge in [0.05, 0.1) is 5.54 Å². The number of nitrogens with two attached hydrogens (primary N) is 1. The zero-order valence-corrected chi connectivity index (χ0v) is 15.1. The highest BCUT2D eigenvalue weighted by Gasteiger charge is 2.30. The summed E-state index contributed by atoms with van der Waals surface area (Å²) in [7, 11) is 0. The van der Waals surface area contributed by atoms with Crippen molar-refractivity contribution in [2.75, 3.05) is 0 Å². The Morgan fingerprint density at radius 2 is 2.09 bits per heavy atom. The molecule has 0 spiro atoms. The molecule has 0 aliphatic heterocycles. The quantitative estimate of drug-likeness (QED) is 0.826. The molecule has 1 aliphatic rings. The summed E-state index contributed by atoms with van der Waals surface area (Å²) in [6.07, 6.45) is 7.49. The maximum Gasteiger partial charge on any atom is 0.248 e. The smallest absolute Gasteiger partial charge is 0.248 e. The maximum atomic E-state index is 12.2. The molecule has 1 saturated carbocycles. The third kappa shape index (κ3) is 5.18. The molecule has 0 radical (unpaired) electrons. The highest BCUT2D eigenvalue weighted by molar-refractivity contribution is 5.86. The lowest BCUT2D eigenvalue weighted by Gasteiger charge is -2.24. The van der Waals surface area contributed by atoms with Crippen LogP contribution in [0.1, 0.15) is 89.4 Å². The Kier molecular flexibility index (Phi) is 7.48. The van der Waals surface area contributed by atoms with E-state index in [1.165, 1.54) is 19.3 Å². The van der Waals surface area contributed by atoms with Crippen LogP contribution in [0.5, 0.6) is 0 Å². The van der Waals surface area contributed by atoms with Gasteiger partial charge in [0.25, 0.3) is 0 Å². The third-order valence-electron chi connectivity index (χ3n) is 4.43. The molecule has 1 aromatic heterocycles. The topological polar surface area (TPSA) is 94.0 Å². The number of carbonyl (C=O) groups is 1. The lowest BCUT2D eigenvalue weighted by Crippen LogP contribution is -2.52. The lowest BCUT2D eigenvalue weighted by atomic mass is 9.89. The highest BCUT2D eigenvalue weighted by atomic mass is 35.5. The summed E-state index contributed by atoms with van der Waals surface area (Å²) in [5.41, 5.74) is 5.17. The number of hydrogen-bond acceptors (Lipinski definition) is 5. The Balaban J connectivity index is 0.00000264. The Morgan fingerprint density at radius 3 is 2.70 bits per heavy atom. The average Bonchev–Trinajstić information content (AvgIpc) is 2.98. The molecule has 6 nitrogen and oxygen atoms in total. The van der Waals surface area contributed by atoms with E-state index in [1.807, 2.05) is 13.8 Å². The van der Waals surface area contributed by atoms with Gasteiger partial charge in [0, 0.05) is 5.92 Å². The molecule has 0 aromatic carbocycles. The normalized spacial score (nSPS) is 19.5. The Hall–Kier alpha value is -1.14. The summed E-state index contributed by atoms with van der Waals surface area (Å²) in [5.74, 6) is 1.45. The van der Waals surface area contributed by atoms with Crippen molar-refractivity contribution in [1.82, 2.24) is 15.5 Å². The molecule has 1 aliphatic carbocycles. The van der Waals surface area contributed by atoms with Gasteiger partial charge in [-0.25, -0.2) is 0 Å². The van der Waals surface area contributed by atoms with Crippen LogP contribution in [0.3, 0.4) is 0 Å². The largest absolute Gasteiger partial charge is 0.343 e. The minimum absolute atomic E-state index is 0. The van der Waals surface area contributed by atoms with Crippen LogP contribution in [0.4, 0.5) is 0 Å². The van der Waals surface area contributed by atoms with E-state index in [1.54, 1.807) is 6.92 Å². The van der Waals surface area contributed by atoms with Crippen molar-refractivity contribution in [1.29, 1.82) is 0 Å². The fourth-order valence-electron chi connectivity index (χ4n) is 3.01. The van der Waals surface area contributed by atoms with Crippen molar-refractivity contribution in [3.63, 3.8) is 0 Å². The van der Waals surface area contributed by atoms with Crippen molar-refractivity contribution >= 4 is 18.3 Å². The molecule has 1 fully saturated rings. The molecular weight excluding hydrogens is 316 g/mol. The molecule has 0 saturated heterocycles. The van der Waals surface area contributed by atoms with Gasteiger partial charge in [-0.2, -0.15) is 4.98 Å². The minimum Gasteiger partial charge on any atom is -0.343 e. The van der Waals surface area contributed by atoms with Gasteiger partial charge in [-0.15, -0.1) is 12.4 Å². The molecule has 1 heterocycles. The van der Waals surface area contributed by atoms with Gasteiger partial charge in [0.15, 0.2) is 5.82 Å². The van der Waals surface area contributed by atoms with Gasteiger partial charge >= 0.3 is 0 Å². The lowest BCUT2D eigenvalue weighted by molar-refractivity contribution is -0.126. The third-order valence-corrected chi connectivity index (χ3v) is 4.43. The number of halogens is 1. The van der Waals surface area contributed by atoms with E-state index in [0.717, 1.165) is 25.1 Å². The number of aromatic nitrogens is 2. The first-order valence-corrected chi connectivity index (χ1v) is 8.37. The van der Waals surface area contributed by atoms with Gasteiger partial charge in [0.1, 0.15) is 6.04 Å². The van der Waals surface area contributed by atoms with Crippen molar-refractivity contribution in [3.05, 3.63) is 11.7 Å². The molecule has 7 heteroatoms. The van der Waals surface area contributed by atoms with Crippen LogP contribution < -0.4 is 11.1 Å². The number of amides is 1. The molecule has 0 bridgehead atoms. The molecule has 132 valence electrons. The van der Waals surface area contributed by atoms with Crippen LogP contribution >= 0.6 is 12.4 Å². The van der Waals surface area contributed by atoms with Crippen LogP contribution in [-0.2, 0) is 4.79 Å². The summed E-state index contributed by atoms with van der Waals surface area (Å²) >= 11 is 0. The predicted molar refractivity (Wildman–Crippen MR) is 91.4 cm³/mol. The van der Waals surface area contributed by atoms with Crippen LogP contribution in [0, 0.1) is 0 Å². The zero-order valence-electron chi connectivity index (χ0n) is 14.3. The monoisotopic (exact) mass is 344 g/mol. The van der Waals surface area contributed by atoms with Crippen LogP contribution in [0.2, 0.25) is 0 Å². The van der Waals surface area contributed by atoms with E-state index in [4.69, 9.17) is 10.3 Å². The van der Waals surface area contributed by atoms with E-state index >= 15 is 0 Å². The van der Waals surface area contributed by atoms with Crippen molar-refractivity contribution < 1.29 is 9.32 Å². The molecular formula is C16H29ClN4O2. The fraction of sp³-hybridized carbons (Fsp3) is 0.812. The number of hydrogen-bond donors (Lipinski definition) is 2. The molecule has 3 N–H and O–H groups in total. The fourth-order valence-corrected chi connectivity index (χ4v) is 3.01. The standard InChI is InChI=1S/C16H28N4O2.ClH/c1-4-10-16(3,17)15(21)18-11(2)14-19-13(20-22-14)12-8-6-5-7-9-12;/h11-12H,4-10,17H2,1-3H3,(H,18,21);1H. The molecule has 2 unspecified atom stereocenters. The Bertz CT molecular complexity index is 498.